The number of carbonyl (C=O) groups is 1. The first-order valence-corrected chi connectivity index (χ1v) is 10.2. The van der Waals surface area contributed by atoms with Gasteiger partial charge in [0.25, 0.3) is 15.9 Å². The fourth-order valence-corrected chi connectivity index (χ4v) is 3.90. The molecule has 3 rings (SSSR count). The molecular formula is C22H19N3O3S. The molecule has 0 radical (unpaired) electrons. The van der Waals surface area contributed by atoms with E-state index in [-0.39, 0.29) is 10.8 Å². The number of carbonyl (C=O) groups excluding carboxylic acids is 1. The SMILES string of the molecule is Cc1ccc(S(=O)(=O)N(C)c2ccc(C(=O)Nc3cccc(C#N)c3)cc2)cc1. The van der Waals surface area contributed by atoms with Gasteiger partial charge >= 0.3 is 0 Å². The molecule has 29 heavy (non-hydrogen) atoms. The molecule has 7 heteroatoms. The van der Waals surface area contributed by atoms with Gasteiger partial charge in [-0.25, -0.2) is 8.42 Å². The highest BCUT2D eigenvalue weighted by atomic mass is 32.2. The second-order valence-corrected chi connectivity index (χ2v) is 8.45. The minimum Gasteiger partial charge on any atom is -0.322 e. The number of sulfonamides is 1. The molecule has 0 heterocycles. The number of anilines is 2. The van der Waals surface area contributed by atoms with E-state index in [9.17, 15) is 13.2 Å². The Morgan fingerprint density at radius 1 is 1.00 bits per heavy atom. The molecule has 0 bridgehead atoms. The average Bonchev–Trinajstić information content (AvgIpc) is 2.73. The first-order chi connectivity index (χ1) is 13.8. The van der Waals surface area contributed by atoms with Crippen LogP contribution in [0.5, 0.6) is 0 Å². The van der Waals surface area contributed by atoms with Crippen LogP contribution in [-0.4, -0.2) is 21.4 Å². The van der Waals surface area contributed by atoms with Gasteiger partial charge in [0.2, 0.25) is 0 Å². The predicted molar refractivity (Wildman–Crippen MR) is 112 cm³/mol. The van der Waals surface area contributed by atoms with Crippen LogP contribution in [0.1, 0.15) is 21.5 Å². The van der Waals surface area contributed by atoms with E-state index in [2.05, 4.69) is 5.32 Å². The maximum absolute atomic E-state index is 12.8. The van der Waals surface area contributed by atoms with Crippen LogP contribution in [0.2, 0.25) is 0 Å². The van der Waals surface area contributed by atoms with E-state index >= 15 is 0 Å². The Labute approximate surface area is 170 Å². The van der Waals surface area contributed by atoms with Crippen molar-refractivity contribution in [3.05, 3.63) is 89.5 Å². The average molecular weight is 405 g/mol. The van der Waals surface area contributed by atoms with Gasteiger partial charge in [-0.3, -0.25) is 9.10 Å². The molecule has 0 fully saturated rings. The van der Waals surface area contributed by atoms with Crippen molar-refractivity contribution in [1.29, 1.82) is 5.26 Å². The molecule has 0 saturated heterocycles. The van der Waals surface area contributed by atoms with Gasteiger partial charge in [0.15, 0.2) is 0 Å². The quantitative estimate of drug-likeness (QED) is 0.696. The molecule has 6 nitrogen and oxygen atoms in total. The van der Waals surface area contributed by atoms with E-state index in [1.54, 1.807) is 72.8 Å². The molecule has 3 aromatic carbocycles. The monoisotopic (exact) mass is 405 g/mol. The number of nitriles is 1. The maximum atomic E-state index is 12.8. The third kappa shape index (κ3) is 4.45. The summed E-state index contributed by atoms with van der Waals surface area (Å²) < 4.78 is 26.7. The normalized spacial score (nSPS) is 10.8. The molecule has 146 valence electrons. The number of rotatable bonds is 5. The number of hydrogen-bond acceptors (Lipinski definition) is 4. The topological polar surface area (TPSA) is 90.3 Å². The molecule has 0 saturated carbocycles. The Morgan fingerprint density at radius 3 is 2.28 bits per heavy atom. The van der Waals surface area contributed by atoms with Gasteiger partial charge < -0.3 is 5.32 Å². The lowest BCUT2D eigenvalue weighted by atomic mass is 10.1. The van der Waals surface area contributed by atoms with Crippen molar-refractivity contribution < 1.29 is 13.2 Å². The Kier molecular flexibility index (Phi) is 5.66. The van der Waals surface area contributed by atoms with Gasteiger partial charge in [-0.1, -0.05) is 23.8 Å². The zero-order valence-electron chi connectivity index (χ0n) is 16.0. The number of hydrogen-bond donors (Lipinski definition) is 1. The molecule has 1 amide bonds. The van der Waals surface area contributed by atoms with Crippen molar-refractivity contribution in [3.8, 4) is 6.07 Å². The molecular weight excluding hydrogens is 386 g/mol. The molecule has 0 spiro atoms. The highest BCUT2D eigenvalue weighted by Crippen LogP contribution is 2.23. The summed E-state index contributed by atoms with van der Waals surface area (Å²) in [6.45, 7) is 1.89. The van der Waals surface area contributed by atoms with Gasteiger partial charge in [-0.2, -0.15) is 5.26 Å². The number of aryl methyl sites for hydroxylation is 1. The summed E-state index contributed by atoms with van der Waals surface area (Å²) >= 11 is 0. The van der Waals surface area contributed by atoms with Crippen LogP contribution in [0.15, 0.2) is 77.7 Å². The van der Waals surface area contributed by atoms with E-state index in [1.807, 2.05) is 13.0 Å². The molecule has 0 aliphatic rings. The fourth-order valence-electron chi connectivity index (χ4n) is 2.70. The minimum absolute atomic E-state index is 0.199. The molecule has 0 aliphatic carbocycles. The summed E-state index contributed by atoms with van der Waals surface area (Å²) in [5.74, 6) is -0.351. The van der Waals surface area contributed by atoms with E-state index in [4.69, 9.17) is 5.26 Å². The summed E-state index contributed by atoms with van der Waals surface area (Å²) in [7, 11) is -2.23. The van der Waals surface area contributed by atoms with Crippen LogP contribution in [0.3, 0.4) is 0 Å². The largest absolute Gasteiger partial charge is 0.322 e. The van der Waals surface area contributed by atoms with Crippen LogP contribution in [0, 0.1) is 18.3 Å². The van der Waals surface area contributed by atoms with Crippen molar-refractivity contribution in [3.63, 3.8) is 0 Å². The lowest BCUT2D eigenvalue weighted by molar-refractivity contribution is 0.102. The number of amides is 1. The molecule has 0 atom stereocenters. The fraction of sp³-hybridized carbons (Fsp3) is 0.0909. The lowest BCUT2D eigenvalue weighted by Crippen LogP contribution is -2.26. The van der Waals surface area contributed by atoms with Crippen LogP contribution in [0.25, 0.3) is 0 Å². The first kappa shape index (κ1) is 20.1. The molecule has 0 aliphatic heterocycles. The van der Waals surface area contributed by atoms with Crippen LogP contribution in [0.4, 0.5) is 11.4 Å². The highest BCUT2D eigenvalue weighted by molar-refractivity contribution is 7.92. The smallest absolute Gasteiger partial charge is 0.264 e. The van der Waals surface area contributed by atoms with Crippen molar-refractivity contribution in [2.45, 2.75) is 11.8 Å². The Hall–Kier alpha value is -3.63. The maximum Gasteiger partial charge on any atom is 0.264 e. The van der Waals surface area contributed by atoms with Gasteiger partial charge in [-0.05, 0) is 61.5 Å². The summed E-state index contributed by atoms with van der Waals surface area (Å²) in [4.78, 5) is 12.6. The van der Waals surface area contributed by atoms with E-state index in [0.29, 0.717) is 22.5 Å². The summed E-state index contributed by atoms with van der Waals surface area (Å²) in [6, 6.07) is 21.5. The number of benzene rings is 3. The van der Waals surface area contributed by atoms with Gasteiger partial charge in [-0.15, -0.1) is 0 Å². The molecule has 0 aromatic heterocycles. The number of nitrogens with zero attached hydrogens (tertiary/aromatic N) is 2. The Balaban J connectivity index is 1.77. The Bertz CT molecular complexity index is 1180. The summed E-state index contributed by atoms with van der Waals surface area (Å²) in [6.07, 6.45) is 0. The van der Waals surface area contributed by atoms with Crippen molar-refractivity contribution in [2.24, 2.45) is 0 Å². The zero-order chi connectivity index (χ0) is 21.0. The predicted octanol–water partition coefficient (Wildman–Crippen LogP) is 3.94. The number of nitrogens with one attached hydrogen (secondary N) is 1. The summed E-state index contributed by atoms with van der Waals surface area (Å²) in [5, 5.41) is 11.7. The minimum atomic E-state index is -3.70. The summed E-state index contributed by atoms with van der Waals surface area (Å²) in [5.41, 5.74) is 2.74. The lowest BCUT2D eigenvalue weighted by Gasteiger charge is -2.20. The third-order valence-electron chi connectivity index (χ3n) is 4.42. The van der Waals surface area contributed by atoms with E-state index < -0.39 is 10.0 Å². The second-order valence-electron chi connectivity index (χ2n) is 6.48. The Morgan fingerprint density at radius 2 is 1.66 bits per heavy atom. The molecule has 1 N–H and O–H groups in total. The van der Waals surface area contributed by atoms with Crippen LogP contribution in [-0.2, 0) is 10.0 Å². The van der Waals surface area contributed by atoms with Crippen molar-refractivity contribution in [2.75, 3.05) is 16.7 Å². The van der Waals surface area contributed by atoms with E-state index in [0.717, 1.165) is 5.56 Å². The molecule has 0 unspecified atom stereocenters. The zero-order valence-corrected chi connectivity index (χ0v) is 16.8. The van der Waals surface area contributed by atoms with Crippen LogP contribution >= 0.6 is 0 Å². The van der Waals surface area contributed by atoms with E-state index in [1.165, 1.54) is 11.4 Å². The standard InChI is InChI=1S/C22H19N3O3S/c1-16-6-12-21(13-7-16)29(27,28)25(2)20-10-8-18(9-11-20)22(26)24-19-5-3-4-17(14-19)15-23/h3-14H,1-2H3,(H,24,26). The van der Waals surface area contributed by atoms with Gasteiger partial charge in [0.1, 0.15) is 0 Å². The molecule has 3 aromatic rings. The third-order valence-corrected chi connectivity index (χ3v) is 6.22. The van der Waals surface area contributed by atoms with Crippen LogP contribution < -0.4 is 9.62 Å². The highest BCUT2D eigenvalue weighted by Gasteiger charge is 2.21. The first-order valence-electron chi connectivity index (χ1n) is 8.78. The van der Waals surface area contributed by atoms with Crippen molar-refractivity contribution in [1.82, 2.24) is 0 Å². The second kappa shape index (κ2) is 8.17. The van der Waals surface area contributed by atoms with Gasteiger partial charge in [0.05, 0.1) is 22.2 Å². The van der Waals surface area contributed by atoms with Crippen molar-refractivity contribution >= 4 is 27.3 Å². The van der Waals surface area contributed by atoms with Gasteiger partial charge in [0, 0.05) is 18.3 Å².